The van der Waals surface area contributed by atoms with E-state index in [1.165, 1.54) is 0 Å². The molecule has 1 heterocycles. The molecule has 0 spiro atoms. The minimum absolute atomic E-state index is 0.0667. The average molecular weight is 242 g/mol. The highest BCUT2D eigenvalue weighted by Crippen LogP contribution is 2.28. The van der Waals surface area contributed by atoms with Crippen LogP contribution >= 0.6 is 15.9 Å². The zero-order chi connectivity index (χ0) is 9.35. The highest BCUT2D eigenvalue weighted by atomic mass is 79.9. The number of nitrogens with two attached hydrogens (primary N) is 1. The van der Waals surface area contributed by atoms with Gasteiger partial charge < -0.3 is 5.73 Å². The summed E-state index contributed by atoms with van der Waals surface area (Å²) < 4.78 is 35.7. The molecule has 1 aromatic rings. The van der Waals surface area contributed by atoms with E-state index in [1.807, 2.05) is 0 Å². The van der Waals surface area contributed by atoms with Crippen LogP contribution in [0.1, 0.15) is 5.69 Å². The third-order valence-corrected chi connectivity index (χ3v) is 1.63. The third kappa shape index (κ3) is 1.84. The Hall–Kier alpha value is -0.850. The first-order valence-corrected chi connectivity index (χ1v) is 3.56. The van der Waals surface area contributed by atoms with Crippen LogP contribution in [0.5, 0.6) is 0 Å². The van der Waals surface area contributed by atoms with E-state index in [4.69, 9.17) is 5.73 Å². The maximum atomic E-state index is 11.9. The molecule has 7 heteroatoms. The Balaban J connectivity index is 3.14. The van der Waals surface area contributed by atoms with Crippen LogP contribution in [0.4, 0.5) is 19.0 Å². The number of anilines is 1. The summed E-state index contributed by atoms with van der Waals surface area (Å²) in [4.78, 5) is 6.44. The van der Waals surface area contributed by atoms with E-state index in [1.54, 1.807) is 0 Å². The van der Waals surface area contributed by atoms with Gasteiger partial charge in [0.15, 0.2) is 11.5 Å². The Bertz CT molecular complexity index is 298. The van der Waals surface area contributed by atoms with Crippen molar-refractivity contribution in [1.29, 1.82) is 0 Å². The van der Waals surface area contributed by atoms with Crippen molar-refractivity contribution in [2.24, 2.45) is 0 Å². The molecule has 66 valence electrons. The van der Waals surface area contributed by atoms with E-state index in [9.17, 15) is 13.2 Å². The summed E-state index contributed by atoms with van der Waals surface area (Å²) in [5.74, 6) is -0.0667. The number of nitrogens with zero attached hydrogens (tertiary/aromatic N) is 2. The minimum Gasteiger partial charge on any atom is -0.381 e. The van der Waals surface area contributed by atoms with Gasteiger partial charge in [0.1, 0.15) is 4.60 Å². The van der Waals surface area contributed by atoms with Gasteiger partial charge in [-0.1, -0.05) is 0 Å². The zero-order valence-electron chi connectivity index (χ0n) is 5.56. The maximum Gasteiger partial charge on any atom is 0.434 e. The maximum absolute atomic E-state index is 11.9. The lowest BCUT2D eigenvalue weighted by molar-refractivity contribution is -0.141. The lowest BCUT2D eigenvalue weighted by Crippen LogP contribution is -2.09. The van der Waals surface area contributed by atoms with Crippen molar-refractivity contribution in [3.8, 4) is 0 Å². The highest BCUT2D eigenvalue weighted by molar-refractivity contribution is 9.10. The molecule has 1 rings (SSSR count). The second-order valence-electron chi connectivity index (χ2n) is 1.93. The molecule has 0 aliphatic rings. The van der Waals surface area contributed by atoms with E-state index < -0.39 is 11.9 Å². The molecule has 0 aliphatic heterocycles. The van der Waals surface area contributed by atoms with Gasteiger partial charge in [0.2, 0.25) is 0 Å². The predicted octanol–water partition coefficient (Wildman–Crippen LogP) is 1.84. The Labute approximate surface area is 73.9 Å². The summed E-state index contributed by atoms with van der Waals surface area (Å²) in [7, 11) is 0. The van der Waals surface area contributed by atoms with Crippen LogP contribution in [0.15, 0.2) is 10.8 Å². The van der Waals surface area contributed by atoms with Gasteiger partial charge >= 0.3 is 6.18 Å². The van der Waals surface area contributed by atoms with Crippen LogP contribution in [-0.2, 0) is 6.18 Å². The van der Waals surface area contributed by atoms with Gasteiger partial charge in [0.05, 0.1) is 6.20 Å². The van der Waals surface area contributed by atoms with Crippen molar-refractivity contribution in [2.45, 2.75) is 6.18 Å². The average Bonchev–Trinajstić information content (AvgIpc) is 1.92. The van der Waals surface area contributed by atoms with Crippen molar-refractivity contribution in [1.82, 2.24) is 9.97 Å². The summed E-state index contributed by atoms with van der Waals surface area (Å²) in [5.41, 5.74) is 4.08. The number of halogens is 4. The van der Waals surface area contributed by atoms with Crippen molar-refractivity contribution in [2.75, 3.05) is 5.73 Å². The summed E-state index contributed by atoms with van der Waals surface area (Å²) in [6.45, 7) is 0. The lowest BCUT2D eigenvalue weighted by Gasteiger charge is -2.05. The Morgan fingerprint density at radius 3 is 2.42 bits per heavy atom. The molecule has 2 N–H and O–H groups in total. The van der Waals surface area contributed by atoms with E-state index >= 15 is 0 Å². The quantitative estimate of drug-likeness (QED) is 0.755. The molecule has 1 aromatic heterocycles. The van der Waals surface area contributed by atoms with E-state index in [-0.39, 0.29) is 10.4 Å². The van der Waals surface area contributed by atoms with E-state index in [0.29, 0.717) is 6.20 Å². The fourth-order valence-electron chi connectivity index (χ4n) is 0.512. The van der Waals surface area contributed by atoms with Crippen LogP contribution in [0, 0.1) is 0 Å². The zero-order valence-corrected chi connectivity index (χ0v) is 7.15. The van der Waals surface area contributed by atoms with Crippen LogP contribution in [0.2, 0.25) is 0 Å². The molecule has 0 saturated heterocycles. The van der Waals surface area contributed by atoms with Gasteiger partial charge in [-0.2, -0.15) is 13.2 Å². The second kappa shape index (κ2) is 2.89. The molecule has 12 heavy (non-hydrogen) atoms. The number of rotatable bonds is 0. The predicted molar refractivity (Wildman–Crippen MR) is 39.1 cm³/mol. The molecular weight excluding hydrogens is 239 g/mol. The second-order valence-corrected chi connectivity index (χ2v) is 2.68. The van der Waals surface area contributed by atoms with Crippen LogP contribution in [0.25, 0.3) is 0 Å². The lowest BCUT2D eigenvalue weighted by atomic mass is 10.4. The fourth-order valence-corrected chi connectivity index (χ4v) is 0.806. The van der Waals surface area contributed by atoms with Crippen molar-refractivity contribution in [3.63, 3.8) is 0 Å². The smallest absolute Gasteiger partial charge is 0.381 e. The van der Waals surface area contributed by atoms with Gasteiger partial charge in [-0.15, -0.1) is 0 Å². The van der Waals surface area contributed by atoms with Crippen LogP contribution in [-0.4, -0.2) is 9.97 Å². The largest absolute Gasteiger partial charge is 0.434 e. The Kier molecular flexibility index (Phi) is 2.22. The normalized spacial score (nSPS) is 11.7. The first-order chi connectivity index (χ1) is 5.41. The molecule has 0 fully saturated rings. The number of nitrogen functional groups attached to an aromatic ring is 1. The first kappa shape index (κ1) is 9.24. The molecular formula is C5H3BrF3N3. The van der Waals surface area contributed by atoms with E-state index in [2.05, 4.69) is 25.9 Å². The molecule has 0 bridgehead atoms. The molecule has 0 saturated carbocycles. The SMILES string of the molecule is Nc1ncc(C(F)(F)F)nc1Br. The van der Waals surface area contributed by atoms with Gasteiger partial charge in [-0.3, -0.25) is 0 Å². The van der Waals surface area contributed by atoms with Crippen molar-refractivity contribution < 1.29 is 13.2 Å². The summed E-state index contributed by atoms with van der Waals surface area (Å²) in [6, 6.07) is 0. The number of aromatic nitrogens is 2. The van der Waals surface area contributed by atoms with Crippen molar-refractivity contribution >= 4 is 21.7 Å². The standard InChI is InChI=1S/C5H3BrF3N3/c6-3-4(10)11-1-2(12-3)5(7,8)9/h1H,(H2,10,11). The van der Waals surface area contributed by atoms with Gasteiger partial charge in [0, 0.05) is 0 Å². The molecule has 0 amide bonds. The molecule has 0 atom stereocenters. The number of hydrogen-bond acceptors (Lipinski definition) is 3. The molecule has 0 aromatic carbocycles. The summed E-state index contributed by atoms with van der Waals surface area (Å²) >= 11 is 2.74. The van der Waals surface area contributed by atoms with Gasteiger partial charge in [-0.25, -0.2) is 9.97 Å². The highest BCUT2D eigenvalue weighted by Gasteiger charge is 2.33. The monoisotopic (exact) mass is 241 g/mol. The topological polar surface area (TPSA) is 51.8 Å². The molecule has 0 unspecified atom stereocenters. The van der Waals surface area contributed by atoms with Gasteiger partial charge in [0.25, 0.3) is 0 Å². The minimum atomic E-state index is -4.48. The van der Waals surface area contributed by atoms with Crippen LogP contribution < -0.4 is 5.73 Å². The molecule has 0 radical (unpaired) electrons. The van der Waals surface area contributed by atoms with E-state index in [0.717, 1.165) is 0 Å². The Morgan fingerprint density at radius 1 is 1.42 bits per heavy atom. The fraction of sp³-hybridized carbons (Fsp3) is 0.200. The number of hydrogen-bond donors (Lipinski definition) is 1. The van der Waals surface area contributed by atoms with Gasteiger partial charge in [-0.05, 0) is 15.9 Å². The Morgan fingerprint density at radius 2 is 2.00 bits per heavy atom. The third-order valence-electron chi connectivity index (χ3n) is 1.05. The summed E-state index contributed by atoms with van der Waals surface area (Å²) in [6.07, 6.45) is -3.90. The molecule has 3 nitrogen and oxygen atoms in total. The first-order valence-electron chi connectivity index (χ1n) is 2.76. The molecule has 0 aliphatic carbocycles. The summed E-state index contributed by atoms with van der Waals surface area (Å²) in [5, 5.41) is 0. The van der Waals surface area contributed by atoms with Crippen molar-refractivity contribution in [3.05, 3.63) is 16.5 Å². The number of alkyl halides is 3. The van der Waals surface area contributed by atoms with Crippen LogP contribution in [0.3, 0.4) is 0 Å².